The molecule has 0 aliphatic carbocycles. The number of nitrogens with one attached hydrogen (secondary N) is 1. The Morgan fingerprint density at radius 1 is 1.47 bits per heavy atom. The molecule has 3 nitrogen and oxygen atoms in total. The van der Waals surface area contributed by atoms with E-state index in [1.165, 1.54) is 12.1 Å². The van der Waals surface area contributed by atoms with Crippen LogP contribution in [0.15, 0.2) is 24.3 Å². The van der Waals surface area contributed by atoms with Crippen LogP contribution < -0.4 is 5.32 Å². The molecule has 2 atom stereocenters. The predicted octanol–water partition coefficient (Wildman–Crippen LogP) is 2.73. The highest BCUT2D eigenvalue weighted by atomic mass is 19.1. The molecule has 1 unspecified atom stereocenters. The number of benzene rings is 1. The summed E-state index contributed by atoms with van der Waals surface area (Å²) in [5.74, 6) is -1.05. The van der Waals surface area contributed by atoms with Crippen molar-refractivity contribution in [3.8, 4) is 0 Å². The van der Waals surface area contributed by atoms with Gasteiger partial charge in [0.05, 0.1) is 0 Å². The van der Waals surface area contributed by atoms with Gasteiger partial charge in [0.15, 0.2) is 0 Å². The monoisotopic (exact) mass is 239 g/mol. The molecule has 0 aliphatic rings. The number of hydrogen-bond donors (Lipinski definition) is 2. The van der Waals surface area contributed by atoms with Gasteiger partial charge in [-0.3, -0.25) is 4.79 Å². The van der Waals surface area contributed by atoms with E-state index in [0.29, 0.717) is 6.42 Å². The average Bonchev–Trinajstić information content (AvgIpc) is 2.26. The molecule has 1 aromatic carbocycles. The van der Waals surface area contributed by atoms with E-state index in [1.807, 2.05) is 19.9 Å². The van der Waals surface area contributed by atoms with Gasteiger partial charge in [0.1, 0.15) is 5.82 Å². The molecule has 0 radical (unpaired) electrons. The van der Waals surface area contributed by atoms with Gasteiger partial charge in [0, 0.05) is 18.5 Å². The predicted molar refractivity (Wildman–Crippen MR) is 64.3 cm³/mol. The highest BCUT2D eigenvalue weighted by Gasteiger charge is 2.11. The first kappa shape index (κ1) is 13.6. The lowest BCUT2D eigenvalue weighted by molar-refractivity contribution is -0.137. The van der Waals surface area contributed by atoms with Crippen LogP contribution in [0.5, 0.6) is 0 Å². The number of carboxylic acids is 1. The first-order valence-electron chi connectivity index (χ1n) is 5.72. The highest BCUT2D eigenvalue weighted by Crippen LogP contribution is 2.15. The van der Waals surface area contributed by atoms with Crippen LogP contribution in [0.2, 0.25) is 0 Å². The van der Waals surface area contributed by atoms with E-state index in [1.54, 1.807) is 6.07 Å². The Balaban J connectivity index is 2.48. The van der Waals surface area contributed by atoms with Crippen LogP contribution in [0.25, 0.3) is 0 Å². The van der Waals surface area contributed by atoms with E-state index in [0.717, 1.165) is 5.56 Å². The Labute approximate surface area is 101 Å². The van der Waals surface area contributed by atoms with E-state index in [9.17, 15) is 9.18 Å². The maximum Gasteiger partial charge on any atom is 0.303 e. The summed E-state index contributed by atoms with van der Waals surface area (Å²) in [6.45, 7) is 3.87. The minimum absolute atomic E-state index is 0.00879. The Morgan fingerprint density at radius 2 is 2.18 bits per heavy atom. The van der Waals surface area contributed by atoms with Crippen molar-refractivity contribution in [3.05, 3.63) is 35.6 Å². The molecule has 1 rings (SSSR count). The highest BCUT2D eigenvalue weighted by molar-refractivity contribution is 5.66. The molecule has 0 bridgehead atoms. The molecule has 0 fully saturated rings. The first-order valence-corrected chi connectivity index (χ1v) is 5.72. The zero-order chi connectivity index (χ0) is 12.8. The smallest absolute Gasteiger partial charge is 0.303 e. The van der Waals surface area contributed by atoms with Gasteiger partial charge in [-0.05, 0) is 38.0 Å². The molecule has 0 aromatic heterocycles. The fourth-order valence-corrected chi connectivity index (χ4v) is 1.72. The van der Waals surface area contributed by atoms with E-state index < -0.39 is 5.97 Å². The van der Waals surface area contributed by atoms with E-state index >= 15 is 0 Å². The lowest BCUT2D eigenvalue weighted by Gasteiger charge is -2.19. The van der Waals surface area contributed by atoms with E-state index in [2.05, 4.69) is 5.32 Å². The SMILES string of the molecule is CC(CCC(=O)O)N[C@H](C)c1cccc(F)c1. The van der Waals surface area contributed by atoms with Crippen LogP contribution in [0.3, 0.4) is 0 Å². The van der Waals surface area contributed by atoms with Crippen molar-refractivity contribution in [2.45, 2.75) is 38.8 Å². The van der Waals surface area contributed by atoms with Crippen LogP contribution in [-0.2, 0) is 4.79 Å². The summed E-state index contributed by atoms with van der Waals surface area (Å²) < 4.78 is 13.0. The summed E-state index contributed by atoms with van der Waals surface area (Å²) in [7, 11) is 0. The third kappa shape index (κ3) is 4.95. The van der Waals surface area contributed by atoms with E-state index in [-0.39, 0.29) is 24.3 Å². The topological polar surface area (TPSA) is 49.3 Å². The molecule has 0 saturated carbocycles. The normalized spacial score (nSPS) is 14.3. The molecule has 0 aliphatic heterocycles. The largest absolute Gasteiger partial charge is 0.481 e. The average molecular weight is 239 g/mol. The number of hydrogen-bond acceptors (Lipinski definition) is 2. The van der Waals surface area contributed by atoms with Crippen molar-refractivity contribution < 1.29 is 14.3 Å². The summed E-state index contributed by atoms with van der Waals surface area (Å²) in [5.41, 5.74) is 0.868. The lowest BCUT2D eigenvalue weighted by Crippen LogP contribution is -2.29. The van der Waals surface area contributed by atoms with Crippen molar-refractivity contribution >= 4 is 5.97 Å². The minimum Gasteiger partial charge on any atom is -0.481 e. The second-order valence-electron chi connectivity index (χ2n) is 4.28. The molecule has 17 heavy (non-hydrogen) atoms. The molecule has 2 N–H and O–H groups in total. The van der Waals surface area contributed by atoms with Crippen LogP contribution in [0, 0.1) is 5.82 Å². The summed E-state index contributed by atoms with van der Waals surface area (Å²) in [5, 5.41) is 11.8. The standard InChI is InChI=1S/C13H18FNO2/c1-9(6-7-13(16)17)15-10(2)11-4-3-5-12(14)8-11/h3-5,8-10,15H,6-7H2,1-2H3,(H,16,17)/t9?,10-/m1/s1. The van der Waals surface area contributed by atoms with Crippen LogP contribution in [0.1, 0.15) is 38.3 Å². The van der Waals surface area contributed by atoms with Gasteiger partial charge in [-0.2, -0.15) is 0 Å². The van der Waals surface area contributed by atoms with Gasteiger partial charge in [-0.1, -0.05) is 12.1 Å². The molecular weight excluding hydrogens is 221 g/mol. The fourth-order valence-electron chi connectivity index (χ4n) is 1.72. The van der Waals surface area contributed by atoms with Crippen molar-refractivity contribution in [2.75, 3.05) is 0 Å². The van der Waals surface area contributed by atoms with Crippen molar-refractivity contribution in [1.29, 1.82) is 0 Å². The van der Waals surface area contributed by atoms with Crippen molar-refractivity contribution in [1.82, 2.24) is 5.32 Å². The maximum atomic E-state index is 13.0. The minimum atomic E-state index is -0.794. The second-order valence-corrected chi connectivity index (χ2v) is 4.28. The summed E-state index contributed by atoms with van der Waals surface area (Å²) in [4.78, 5) is 10.4. The van der Waals surface area contributed by atoms with Gasteiger partial charge in [-0.15, -0.1) is 0 Å². The molecule has 0 spiro atoms. The van der Waals surface area contributed by atoms with Gasteiger partial charge in [-0.25, -0.2) is 4.39 Å². The van der Waals surface area contributed by atoms with Gasteiger partial charge in [0.25, 0.3) is 0 Å². The van der Waals surface area contributed by atoms with Crippen LogP contribution in [-0.4, -0.2) is 17.1 Å². The van der Waals surface area contributed by atoms with Crippen molar-refractivity contribution in [3.63, 3.8) is 0 Å². The van der Waals surface area contributed by atoms with E-state index in [4.69, 9.17) is 5.11 Å². The fraction of sp³-hybridized carbons (Fsp3) is 0.462. The molecule has 4 heteroatoms. The molecule has 94 valence electrons. The van der Waals surface area contributed by atoms with Crippen LogP contribution in [0.4, 0.5) is 4.39 Å². The third-order valence-corrected chi connectivity index (χ3v) is 2.67. The Bertz CT molecular complexity index is 381. The zero-order valence-electron chi connectivity index (χ0n) is 10.1. The molecule has 0 amide bonds. The molecule has 0 saturated heterocycles. The number of rotatable bonds is 6. The first-order chi connectivity index (χ1) is 7.99. The summed E-state index contributed by atoms with van der Waals surface area (Å²) >= 11 is 0. The molecular formula is C13H18FNO2. The van der Waals surface area contributed by atoms with Crippen molar-refractivity contribution in [2.24, 2.45) is 0 Å². The summed E-state index contributed by atoms with van der Waals surface area (Å²) in [6.07, 6.45) is 0.707. The number of aliphatic carboxylic acids is 1. The number of carbonyl (C=O) groups is 1. The Hall–Kier alpha value is -1.42. The van der Waals surface area contributed by atoms with Gasteiger partial charge >= 0.3 is 5.97 Å². The van der Waals surface area contributed by atoms with Gasteiger partial charge in [0.2, 0.25) is 0 Å². The number of carboxylic acid groups (broad SMARTS) is 1. The Morgan fingerprint density at radius 3 is 2.76 bits per heavy atom. The Kier molecular flexibility index (Phi) is 5.10. The lowest BCUT2D eigenvalue weighted by atomic mass is 10.1. The third-order valence-electron chi connectivity index (χ3n) is 2.67. The maximum absolute atomic E-state index is 13.0. The van der Waals surface area contributed by atoms with Crippen LogP contribution >= 0.6 is 0 Å². The quantitative estimate of drug-likeness (QED) is 0.802. The van der Waals surface area contributed by atoms with Gasteiger partial charge < -0.3 is 10.4 Å². The zero-order valence-corrected chi connectivity index (χ0v) is 10.1. The number of halogens is 1. The second kappa shape index (κ2) is 6.35. The molecule has 1 aromatic rings. The summed E-state index contributed by atoms with van der Waals surface area (Å²) in [6, 6.07) is 6.51. The molecule has 0 heterocycles.